The fourth-order valence-electron chi connectivity index (χ4n) is 1.87. The van der Waals surface area contributed by atoms with E-state index in [1.165, 1.54) is 0 Å². The molecule has 0 spiro atoms. The van der Waals surface area contributed by atoms with Crippen LogP contribution in [-0.4, -0.2) is 14.5 Å². The Bertz CT molecular complexity index is 562. The molecule has 1 unspecified atom stereocenters. The van der Waals surface area contributed by atoms with Crippen LogP contribution in [-0.2, 0) is 10.0 Å². The summed E-state index contributed by atoms with van der Waals surface area (Å²) in [4.78, 5) is -0.752. The van der Waals surface area contributed by atoms with Crippen LogP contribution in [0.1, 0.15) is 39.5 Å². The SMILES string of the molecule is CCCCCC(C)NS(=O)(=O)c1cc(N)cc(F)c1F. The number of unbranched alkanes of at least 4 members (excludes halogenated alkanes) is 2. The van der Waals surface area contributed by atoms with E-state index in [1.54, 1.807) is 6.92 Å². The van der Waals surface area contributed by atoms with Crippen LogP contribution in [0.25, 0.3) is 0 Å². The molecule has 0 fully saturated rings. The van der Waals surface area contributed by atoms with Gasteiger partial charge in [0, 0.05) is 11.7 Å². The third-order valence-corrected chi connectivity index (χ3v) is 4.49. The maximum Gasteiger partial charge on any atom is 0.243 e. The molecule has 1 rings (SSSR count). The molecule has 0 amide bonds. The molecule has 4 nitrogen and oxygen atoms in total. The number of halogens is 2. The predicted octanol–water partition coefficient (Wildman–Crippen LogP) is 2.79. The topological polar surface area (TPSA) is 72.2 Å². The molecule has 0 aliphatic carbocycles. The second-order valence-corrected chi connectivity index (χ2v) is 6.52. The number of nitrogens with one attached hydrogen (secondary N) is 1. The number of benzene rings is 1. The van der Waals surface area contributed by atoms with Crippen molar-refractivity contribution in [2.75, 3.05) is 5.73 Å². The molecule has 0 saturated carbocycles. The second kappa shape index (κ2) is 6.99. The zero-order valence-electron chi connectivity index (χ0n) is 11.6. The average Bonchev–Trinajstić information content (AvgIpc) is 2.33. The number of nitrogens with two attached hydrogens (primary N) is 1. The van der Waals surface area contributed by atoms with E-state index < -0.39 is 26.6 Å². The Morgan fingerprint density at radius 2 is 1.95 bits per heavy atom. The van der Waals surface area contributed by atoms with E-state index in [4.69, 9.17) is 5.73 Å². The molecule has 1 atom stereocenters. The Morgan fingerprint density at radius 1 is 1.30 bits per heavy atom. The number of anilines is 1. The van der Waals surface area contributed by atoms with Crippen LogP contribution in [0.5, 0.6) is 0 Å². The maximum absolute atomic E-state index is 13.6. The van der Waals surface area contributed by atoms with Crippen LogP contribution >= 0.6 is 0 Å². The van der Waals surface area contributed by atoms with Crippen molar-refractivity contribution in [2.45, 2.75) is 50.5 Å². The normalized spacial score (nSPS) is 13.4. The molecule has 3 N–H and O–H groups in total. The molecule has 1 aromatic carbocycles. The highest BCUT2D eigenvalue weighted by molar-refractivity contribution is 7.89. The average molecular weight is 306 g/mol. The number of sulfonamides is 1. The lowest BCUT2D eigenvalue weighted by atomic mass is 10.1. The summed E-state index contributed by atoms with van der Waals surface area (Å²) in [5.74, 6) is -2.68. The van der Waals surface area contributed by atoms with E-state index in [1.807, 2.05) is 6.92 Å². The van der Waals surface area contributed by atoms with Crippen LogP contribution < -0.4 is 10.5 Å². The molecule has 0 radical (unpaired) electrons. The number of nitrogen functional groups attached to an aromatic ring is 1. The second-order valence-electron chi connectivity index (χ2n) is 4.83. The first-order valence-corrected chi connectivity index (χ1v) is 8.03. The van der Waals surface area contributed by atoms with Gasteiger partial charge in [-0.2, -0.15) is 0 Å². The van der Waals surface area contributed by atoms with Gasteiger partial charge in [0.25, 0.3) is 0 Å². The van der Waals surface area contributed by atoms with Crippen LogP contribution in [0.4, 0.5) is 14.5 Å². The lowest BCUT2D eigenvalue weighted by molar-refractivity contribution is 0.479. The highest BCUT2D eigenvalue weighted by Crippen LogP contribution is 2.21. The van der Waals surface area contributed by atoms with Crippen LogP contribution in [0.3, 0.4) is 0 Å². The molecule has 0 aliphatic heterocycles. The highest BCUT2D eigenvalue weighted by atomic mass is 32.2. The minimum atomic E-state index is -4.12. The molecule has 0 heterocycles. The lowest BCUT2D eigenvalue weighted by Crippen LogP contribution is -2.33. The van der Waals surface area contributed by atoms with E-state index >= 15 is 0 Å². The Balaban J connectivity index is 2.89. The van der Waals surface area contributed by atoms with Gasteiger partial charge in [-0.05, 0) is 25.5 Å². The molecule has 0 bridgehead atoms. The van der Waals surface area contributed by atoms with Gasteiger partial charge in [0.2, 0.25) is 10.0 Å². The summed E-state index contributed by atoms with van der Waals surface area (Å²) >= 11 is 0. The molecular formula is C13H20F2N2O2S. The van der Waals surface area contributed by atoms with E-state index in [9.17, 15) is 17.2 Å². The molecule has 114 valence electrons. The fraction of sp³-hybridized carbons (Fsp3) is 0.538. The molecule has 20 heavy (non-hydrogen) atoms. The van der Waals surface area contributed by atoms with E-state index in [0.717, 1.165) is 31.4 Å². The summed E-state index contributed by atoms with van der Waals surface area (Å²) in [6.45, 7) is 3.73. The van der Waals surface area contributed by atoms with Crippen LogP contribution in [0.15, 0.2) is 17.0 Å². The van der Waals surface area contributed by atoms with Gasteiger partial charge in [-0.25, -0.2) is 21.9 Å². The van der Waals surface area contributed by atoms with Gasteiger partial charge < -0.3 is 5.73 Å². The third kappa shape index (κ3) is 4.42. The van der Waals surface area contributed by atoms with E-state index in [-0.39, 0.29) is 11.7 Å². The van der Waals surface area contributed by atoms with E-state index in [2.05, 4.69) is 4.72 Å². The highest BCUT2D eigenvalue weighted by Gasteiger charge is 2.24. The summed E-state index contributed by atoms with van der Waals surface area (Å²) in [6.07, 6.45) is 3.52. The summed E-state index contributed by atoms with van der Waals surface area (Å²) in [5.41, 5.74) is 5.22. The molecular weight excluding hydrogens is 286 g/mol. The summed E-state index contributed by atoms with van der Waals surface area (Å²) in [6, 6.07) is 1.31. The monoisotopic (exact) mass is 306 g/mol. The standard InChI is InChI=1S/C13H20F2N2O2S/c1-3-4-5-6-9(2)17-20(18,19)12-8-10(16)7-11(14)13(12)15/h7-9,17H,3-6,16H2,1-2H3. The van der Waals surface area contributed by atoms with Crippen LogP contribution in [0, 0.1) is 11.6 Å². The summed E-state index contributed by atoms with van der Waals surface area (Å²) in [7, 11) is -4.12. The van der Waals surface area contributed by atoms with Gasteiger partial charge in [-0.15, -0.1) is 0 Å². The minimum absolute atomic E-state index is 0.136. The predicted molar refractivity (Wildman–Crippen MR) is 74.7 cm³/mol. The minimum Gasteiger partial charge on any atom is -0.399 e. The van der Waals surface area contributed by atoms with E-state index in [0.29, 0.717) is 6.42 Å². The summed E-state index contributed by atoms with van der Waals surface area (Å²) in [5, 5.41) is 0. The molecule has 0 aromatic heterocycles. The lowest BCUT2D eigenvalue weighted by Gasteiger charge is -2.15. The number of hydrogen-bond donors (Lipinski definition) is 2. The van der Waals surface area contributed by atoms with Crippen molar-refractivity contribution in [1.82, 2.24) is 4.72 Å². The Labute approximate surface area is 118 Å². The van der Waals surface area contributed by atoms with Gasteiger partial charge >= 0.3 is 0 Å². The first-order valence-electron chi connectivity index (χ1n) is 6.54. The van der Waals surface area contributed by atoms with Crippen molar-refractivity contribution >= 4 is 15.7 Å². The molecule has 0 saturated heterocycles. The zero-order valence-corrected chi connectivity index (χ0v) is 12.4. The molecule has 7 heteroatoms. The van der Waals surface area contributed by atoms with Gasteiger partial charge in [-0.3, -0.25) is 0 Å². The molecule has 0 aliphatic rings. The third-order valence-electron chi connectivity index (χ3n) is 2.90. The zero-order chi connectivity index (χ0) is 15.3. The number of rotatable bonds is 7. The fourth-order valence-corrected chi connectivity index (χ4v) is 3.27. The first-order chi connectivity index (χ1) is 9.27. The Morgan fingerprint density at radius 3 is 2.55 bits per heavy atom. The van der Waals surface area contributed by atoms with Crippen molar-refractivity contribution in [3.63, 3.8) is 0 Å². The quantitative estimate of drug-likeness (QED) is 0.601. The smallest absolute Gasteiger partial charge is 0.243 e. The molecule has 1 aromatic rings. The Hall–Kier alpha value is -1.21. The van der Waals surface area contributed by atoms with Crippen molar-refractivity contribution < 1.29 is 17.2 Å². The van der Waals surface area contributed by atoms with Gasteiger partial charge in [0.1, 0.15) is 4.90 Å². The summed E-state index contributed by atoms with van der Waals surface area (Å²) < 4.78 is 53.2. The first kappa shape index (κ1) is 16.8. The maximum atomic E-state index is 13.6. The van der Waals surface area contributed by atoms with Crippen molar-refractivity contribution in [1.29, 1.82) is 0 Å². The van der Waals surface area contributed by atoms with Crippen molar-refractivity contribution in [3.05, 3.63) is 23.8 Å². The van der Waals surface area contributed by atoms with Crippen molar-refractivity contribution in [2.24, 2.45) is 0 Å². The van der Waals surface area contributed by atoms with Gasteiger partial charge in [0.05, 0.1) is 0 Å². The number of hydrogen-bond acceptors (Lipinski definition) is 3. The largest absolute Gasteiger partial charge is 0.399 e. The van der Waals surface area contributed by atoms with Crippen molar-refractivity contribution in [3.8, 4) is 0 Å². The van der Waals surface area contributed by atoms with Crippen LogP contribution in [0.2, 0.25) is 0 Å². The van der Waals surface area contributed by atoms with Gasteiger partial charge in [0.15, 0.2) is 11.6 Å². The van der Waals surface area contributed by atoms with Gasteiger partial charge in [-0.1, -0.05) is 26.2 Å². The Kier molecular flexibility index (Phi) is 5.88.